The van der Waals surface area contributed by atoms with E-state index in [2.05, 4.69) is 14.5 Å². The highest BCUT2D eigenvalue weighted by atomic mass is 35.5. The molecule has 116 valence electrons. The molecule has 0 radical (unpaired) electrons. The number of nitrogens with zero attached hydrogens (tertiary/aromatic N) is 3. The Kier molecular flexibility index (Phi) is 3.66. The SMILES string of the molecule is OC(CC1c2c(Cl)cncc2-c2cncn21)C1CCCCC1. The third kappa shape index (κ3) is 2.25. The van der Waals surface area contributed by atoms with Crippen LogP contribution in [-0.4, -0.2) is 25.7 Å². The van der Waals surface area contributed by atoms with Gasteiger partial charge in [-0.25, -0.2) is 4.98 Å². The van der Waals surface area contributed by atoms with E-state index in [9.17, 15) is 5.11 Å². The quantitative estimate of drug-likeness (QED) is 0.936. The summed E-state index contributed by atoms with van der Waals surface area (Å²) in [4.78, 5) is 8.46. The zero-order chi connectivity index (χ0) is 15.1. The topological polar surface area (TPSA) is 50.9 Å². The number of aliphatic hydroxyl groups is 1. The van der Waals surface area contributed by atoms with Crippen molar-refractivity contribution < 1.29 is 5.11 Å². The number of hydrogen-bond acceptors (Lipinski definition) is 3. The van der Waals surface area contributed by atoms with Crippen LogP contribution in [0.25, 0.3) is 11.3 Å². The number of rotatable bonds is 3. The summed E-state index contributed by atoms with van der Waals surface area (Å²) in [6, 6.07) is 0.0694. The van der Waals surface area contributed by atoms with Crippen molar-refractivity contribution in [1.29, 1.82) is 0 Å². The molecule has 4 rings (SSSR count). The first-order valence-electron chi connectivity index (χ1n) is 8.09. The summed E-state index contributed by atoms with van der Waals surface area (Å²) in [5.74, 6) is 0.422. The highest BCUT2D eigenvalue weighted by Gasteiger charge is 2.34. The number of hydrogen-bond donors (Lipinski definition) is 1. The summed E-state index contributed by atoms with van der Waals surface area (Å²) in [5, 5.41) is 11.4. The summed E-state index contributed by atoms with van der Waals surface area (Å²) in [6.07, 6.45) is 13.7. The lowest BCUT2D eigenvalue weighted by Gasteiger charge is -2.29. The molecule has 4 nitrogen and oxygen atoms in total. The van der Waals surface area contributed by atoms with E-state index in [-0.39, 0.29) is 12.1 Å². The molecular formula is C17H20ClN3O. The second kappa shape index (κ2) is 5.67. The fourth-order valence-electron chi connectivity index (χ4n) is 4.06. The molecule has 1 saturated carbocycles. The number of aromatic nitrogens is 3. The van der Waals surface area contributed by atoms with Gasteiger partial charge in [-0.15, -0.1) is 0 Å². The smallest absolute Gasteiger partial charge is 0.0956 e. The van der Waals surface area contributed by atoms with E-state index in [4.69, 9.17) is 11.6 Å². The van der Waals surface area contributed by atoms with Gasteiger partial charge in [0.15, 0.2) is 0 Å². The lowest BCUT2D eigenvalue weighted by atomic mass is 9.82. The molecular weight excluding hydrogens is 298 g/mol. The Morgan fingerprint density at radius 2 is 2.00 bits per heavy atom. The lowest BCUT2D eigenvalue weighted by Crippen LogP contribution is -2.26. The van der Waals surface area contributed by atoms with Gasteiger partial charge in [0.1, 0.15) is 0 Å². The molecule has 0 saturated heterocycles. The largest absolute Gasteiger partial charge is 0.393 e. The maximum Gasteiger partial charge on any atom is 0.0956 e. The van der Waals surface area contributed by atoms with E-state index in [1.807, 2.05) is 18.7 Å². The Hall–Kier alpha value is -1.39. The van der Waals surface area contributed by atoms with Gasteiger partial charge in [0, 0.05) is 23.5 Å². The van der Waals surface area contributed by atoms with E-state index >= 15 is 0 Å². The molecule has 22 heavy (non-hydrogen) atoms. The maximum atomic E-state index is 10.7. The molecule has 3 heterocycles. The Morgan fingerprint density at radius 3 is 2.82 bits per heavy atom. The van der Waals surface area contributed by atoms with E-state index in [1.54, 1.807) is 6.20 Å². The molecule has 0 spiro atoms. The van der Waals surface area contributed by atoms with Gasteiger partial charge in [-0.3, -0.25) is 4.98 Å². The van der Waals surface area contributed by atoms with Crippen LogP contribution in [-0.2, 0) is 0 Å². The third-order valence-electron chi connectivity index (χ3n) is 5.21. The van der Waals surface area contributed by atoms with E-state index in [1.165, 1.54) is 19.3 Å². The fourth-order valence-corrected chi connectivity index (χ4v) is 4.34. The predicted octanol–water partition coefficient (Wildman–Crippen LogP) is 3.83. The zero-order valence-electron chi connectivity index (χ0n) is 12.5. The predicted molar refractivity (Wildman–Crippen MR) is 85.8 cm³/mol. The second-order valence-electron chi connectivity index (χ2n) is 6.49. The Morgan fingerprint density at radius 1 is 1.18 bits per heavy atom. The van der Waals surface area contributed by atoms with Crippen LogP contribution in [0.5, 0.6) is 0 Å². The highest BCUT2D eigenvalue weighted by molar-refractivity contribution is 6.31. The molecule has 1 fully saturated rings. The van der Waals surface area contributed by atoms with Crippen molar-refractivity contribution in [2.75, 3.05) is 0 Å². The third-order valence-corrected chi connectivity index (χ3v) is 5.51. The average molecular weight is 318 g/mol. The maximum absolute atomic E-state index is 10.7. The molecule has 1 aliphatic carbocycles. The van der Waals surface area contributed by atoms with Crippen molar-refractivity contribution >= 4 is 11.6 Å². The summed E-state index contributed by atoms with van der Waals surface area (Å²) in [7, 11) is 0. The van der Waals surface area contributed by atoms with Crippen LogP contribution in [0.4, 0.5) is 0 Å². The van der Waals surface area contributed by atoms with Crippen LogP contribution in [0.1, 0.15) is 50.1 Å². The van der Waals surface area contributed by atoms with Crippen LogP contribution in [0.15, 0.2) is 24.9 Å². The second-order valence-corrected chi connectivity index (χ2v) is 6.89. The Labute approximate surface area is 135 Å². The fraction of sp³-hybridized carbons (Fsp3) is 0.529. The van der Waals surface area contributed by atoms with Crippen molar-refractivity contribution in [3.63, 3.8) is 0 Å². The molecule has 5 heteroatoms. The standard InChI is InChI=1S/C17H20ClN3O/c18-13-8-19-7-12-15-9-20-10-21(15)14(17(12)13)6-16(22)11-4-2-1-3-5-11/h7-11,14,16,22H,1-6H2. The van der Waals surface area contributed by atoms with Gasteiger partial charge in [-0.2, -0.15) is 0 Å². The number of aliphatic hydroxyl groups excluding tert-OH is 1. The van der Waals surface area contributed by atoms with Gasteiger partial charge < -0.3 is 9.67 Å². The van der Waals surface area contributed by atoms with Gasteiger partial charge in [0.05, 0.1) is 35.4 Å². The van der Waals surface area contributed by atoms with Crippen molar-refractivity contribution in [1.82, 2.24) is 14.5 Å². The Balaban J connectivity index is 1.65. The van der Waals surface area contributed by atoms with Gasteiger partial charge in [0.25, 0.3) is 0 Å². The van der Waals surface area contributed by atoms with Gasteiger partial charge in [-0.1, -0.05) is 30.9 Å². The number of pyridine rings is 1. The molecule has 0 bridgehead atoms. The highest BCUT2D eigenvalue weighted by Crippen LogP contribution is 2.45. The average Bonchev–Trinajstić information content (AvgIpc) is 3.12. The van der Waals surface area contributed by atoms with Crippen molar-refractivity contribution in [3.8, 4) is 11.3 Å². The molecule has 0 amide bonds. The summed E-state index contributed by atoms with van der Waals surface area (Å²) in [5.41, 5.74) is 3.18. The molecule has 1 N–H and O–H groups in total. The monoisotopic (exact) mass is 317 g/mol. The molecule has 2 aliphatic rings. The minimum Gasteiger partial charge on any atom is -0.393 e. The zero-order valence-corrected chi connectivity index (χ0v) is 13.2. The number of fused-ring (bicyclic) bond motifs is 3. The van der Waals surface area contributed by atoms with Crippen LogP contribution in [0.3, 0.4) is 0 Å². The lowest BCUT2D eigenvalue weighted by molar-refractivity contribution is 0.0687. The first-order chi connectivity index (χ1) is 10.8. The molecule has 2 atom stereocenters. The summed E-state index contributed by atoms with van der Waals surface area (Å²) in [6.45, 7) is 0. The number of imidazole rings is 1. The van der Waals surface area contributed by atoms with Crippen molar-refractivity contribution in [3.05, 3.63) is 35.5 Å². The van der Waals surface area contributed by atoms with E-state index in [0.717, 1.165) is 29.7 Å². The minimum absolute atomic E-state index is 0.0694. The molecule has 1 aliphatic heterocycles. The molecule has 2 unspecified atom stereocenters. The van der Waals surface area contributed by atoms with Crippen LogP contribution >= 0.6 is 11.6 Å². The van der Waals surface area contributed by atoms with Crippen LogP contribution in [0.2, 0.25) is 5.02 Å². The Bertz CT molecular complexity index is 678. The summed E-state index contributed by atoms with van der Waals surface area (Å²) >= 11 is 6.40. The van der Waals surface area contributed by atoms with Crippen molar-refractivity contribution in [2.45, 2.75) is 50.7 Å². The first kappa shape index (κ1) is 14.2. The van der Waals surface area contributed by atoms with Crippen LogP contribution < -0.4 is 0 Å². The van der Waals surface area contributed by atoms with Gasteiger partial charge in [-0.05, 0) is 25.2 Å². The molecule has 0 aromatic carbocycles. The first-order valence-corrected chi connectivity index (χ1v) is 8.47. The number of halogens is 1. The van der Waals surface area contributed by atoms with Crippen LogP contribution in [0, 0.1) is 5.92 Å². The normalized spacial score (nSPS) is 22.4. The molecule has 2 aromatic heterocycles. The minimum atomic E-state index is -0.282. The van der Waals surface area contributed by atoms with Gasteiger partial charge >= 0.3 is 0 Å². The molecule has 2 aromatic rings. The van der Waals surface area contributed by atoms with E-state index < -0.39 is 0 Å². The summed E-state index contributed by atoms with van der Waals surface area (Å²) < 4.78 is 2.13. The van der Waals surface area contributed by atoms with Gasteiger partial charge in [0.2, 0.25) is 0 Å². The van der Waals surface area contributed by atoms with Crippen molar-refractivity contribution in [2.24, 2.45) is 5.92 Å². The van der Waals surface area contributed by atoms with E-state index in [0.29, 0.717) is 17.4 Å².